The van der Waals surface area contributed by atoms with Gasteiger partial charge in [0.05, 0.1) is 36.8 Å². The molecule has 11 heteroatoms. The minimum Gasteiger partial charge on any atom is -0.323 e. The van der Waals surface area contributed by atoms with Crippen LogP contribution in [0.2, 0.25) is 0 Å². The number of aromatic nitrogens is 4. The first-order valence-electron chi connectivity index (χ1n) is 9.21. The van der Waals surface area contributed by atoms with Crippen molar-refractivity contribution in [3.05, 3.63) is 56.4 Å². The first-order valence-corrected chi connectivity index (χ1v) is 11.9. The fourth-order valence-electron chi connectivity index (χ4n) is 3.72. The van der Waals surface area contributed by atoms with Gasteiger partial charge in [-0.25, -0.2) is 22.8 Å². The molecule has 1 aliphatic heterocycles. The highest BCUT2D eigenvalue weighted by atomic mass is 32.2. The van der Waals surface area contributed by atoms with E-state index in [-0.39, 0.29) is 12.1 Å². The molecule has 1 aliphatic rings. The van der Waals surface area contributed by atoms with Crippen LogP contribution in [0.4, 0.5) is 0 Å². The number of aliphatic imine (C=N–C) groups is 1. The number of sulfonamides is 1. The summed E-state index contributed by atoms with van der Waals surface area (Å²) in [7, 11) is -1.52. The summed E-state index contributed by atoms with van der Waals surface area (Å²) in [6, 6.07) is 6.00. The van der Waals surface area contributed by atoms with Crippen LogP contribution in [-0.4, -0.2) is 40.2 Å². The van der Waals surface area contributed by atoms with Crippen LogP contribution in [0.1, 0.15) is 21.7 Å². The Kier molecular flexibility index (Phi) is 4.34. The van der Waals surface area contributed by atoms with Gasteiger partial charge in [0.2, 0.25) is 10.0 Å². The van der Waals surface area contributed by atoms with Gasteiger partial charge in [-0.15, -0.1) is 11.3 Å². The first-order chi connectivity index (χ1) is 14.3. The van der Waals surface area contributed by atoms with Crippen molar-refractivity contribution in [3.63, 3.8) is 0 Å². The fraction of sp³-hybridized carbons (Fsp3) is 0.263. The summed E-state index contributed by atoms with van der Waals surface area (Å²) < 4.78 is 29.2. The molecule has 0 radical (unpaired) electrons. The van der Waals surface area contributed by atoms with Gasteiger partial charge in [0.15, 0.2) is 5.65 Å². The molecule has 1 N–H and O–H groups in total. The third-order valence-electron chi connectivity index (χ3n) is 5.14. The Morgan fingerprint density at radius 2 is 2.13 bits per heavy atom. The topological polar surface area (TPSA) is 111 Å². The average molecular weight is 443 g/mol. The lowest BCUT2D eigenvalue weighted by Crippen LogP contribution is -2.25. The summed E-state index contributed by atoms with van der Waals surface area (Å²) in [5.41, 5.74) is 4.20. The number of fused-ring (bicyclic) bond motifs is 4. The SMILES string of the molecule is Cn1c2nc(CNS(C)(=O)=O)sc2c2cnn(Cc3cccc4c3C=NC4)c(=O)c21. The van der Waals surface area contributed by atoms with E-state index in [2.05, 4.69) is 19.8 Å². The number of hydrogen-bond donors (Lipinski definition) is 1. The van der Waals surface area contributed by atoms with Crippen LogP contribution in [0.25, 0.3) is 21.3 Å². The number of nitrogens with zero attached hydrogens (tertiary/aromatic N) is 5. The van der Waals surface area contributed by atoms with Crippen LogP contribution in [0.3, 0.4) is 0 Å². The number of benzene rings is 1. The molecule has 0 spiro atoms. The molecule has 0 amide bonds. The molecule has 0 atom stereocenters. The van der Waals surface area contributed by atoms with Crippen LogP contribution in [0.5, 0.6) is 0 Å². The van der Waals surface area contributed by atoms with Crippen molar-refractivity contribution in [1.82, 2.24) is 24.1 Å². The largest absolute Gasteiger partial charge is 0.323 e. The van der Waals surface area contributed by atoms with Gasteiger partial charge in [0.1, 0.15) is 10.5 Å². The van der Waals surface area contributed by atoms with E-state index in [0.717, 1.165) is 33.0 Å². The lowest BCUT2D eigenvalue weighted by Gasteiger charge is -2.09. The van der Waals surface area contributed by atoms with Gasteiger partial charge in [0.25, 0.3) is 5.56 Å². The zero-order valence-corrected chi connectivity index (χ0v) is 17.9. The molecule has 4 aromatic rings. The van der Waals surface area contributed by atoms with Crippen molar-refractivity contribution in [2.24, 2.45) is 12.0 Å². The summed E-state index contributed by atoms with van der Waals surface area (Å²) in [4.78, 5) is 22.0. The molecule has 5 rings (SSSR count). The lowest BCUT2D eigenvalue weighted by atomic mass is 10.0. The Balaban J connectivity index is 1.56. The van der Waals surface area contributed by atoms with E-state index in [0.29, 0.717) is 29.3 Å². The van der Waals surface area contributed by atoms with Gasteiger partial charge >= 0.3 is 0 Å². The number of nitrogens with one attached hydrogen (secondary N) is 1. The summed E-state index contributed by atoms with van der Waals surface area (Å²) in [6.07, 6.45) is 4.64. The minimum atomic E-state index is -3.31. The molecule has 3 aromatic heterocycles. The Morgan fingerprint density at radius 1 is 1.30 bits per heavy atom. The summed E-state index contributed by atoms with van der Waals surface area (Å²) in [5, 5.41) is 5.75. The van der Waals surface area contributed by atoms with Crippen molar-refractivity contribution >= 4 is 48.8 Å². The monoisotopic (exact) mass is 442 g/mol. The third-order valence-corrected chi connectivity index (χ3v) is 6.89. The van der Waals surface area contributed by atoms with E-state index in [1.165, 1.54) is 16.0 Å². The van der Waals surface area contributed by atoms with E-state index < -0.39 is 10.0 Å². The smallest absolute Gasteiger partial charge is 0.291 e. The van der Waals surface area contributed by atoms with Gasteiger partial charge in [0, 0.05) is 24.2 Å². The molecule has 30 heavy (non-hydrogen) atoms. The highest BCUT2D eigenvalue weighted by Crippen LogP contribution is 2.30. The highest BCUT2D eigenvalue weighted by molar-refractivity contribution is 7.88. The molecule has 0 bridgehead atoms. The molecule has 154 valence electrons. The molecule has 0 saturated carbocycles. The normalized spacial score (nSPS) is 13.5. The van der Waals surface area contributed by atoms with Gasteiger partial charge in [-0.2, -0.15) is 5.10 Å². The standard InChI is InChI=1S/C19H18N6O3S2/c1-24-16-14(17-18(24)23-15(29-17)9-22-30(2,27)28)8-21-25(19(16)26)10-12-5-3-4-11-6-20-7-13(11)12/h3-5,7-8,22H,6,9-10H2,1-2H3. The predicted octanol–water partition coefficient (Wildman–Crippen LogP) is 1.37. The predicted molar refractivity (Wildman–Crippen MR) is 117 cm³/mol. The summed E-state index contributed by atoms with van der Waals surface area (Å²) in [5.74, 6) is 0. The van der Waals surface area contributed by atoms with Crippen molar-refractivity contribution < 1.29 is 8.42 Å². The second kappa shape index (κ2) is 6.83. The second-order valence-corrected chi connectivity index (χ2v) is 10.2. The van der Waals surface area contributed by atoms with Crippen LogP contribution in [-0.2, 0) is 36.7 Å². The number of hydrogen-bond acceptors (Lipinski definition) is 7. The molecular weight excluding hydrogens is 424 g/mol. The van der Waals surface area contributed by atoms with Gasteiger partial charge in [-0.3, -0.25) is 9.79 Å². The first kappa shape index (κ1) is 19.1. The third kappa shape index (κ3) is 3.15. The van der Waals surface area contributed by atoms with Crippen molar-refractivity contribution in [2.75, 3.05) is 6.26 Å². The van der Waals surface area contributed by atoms with Crippen molar-refractivity contribution in [3.8, 4) is 0 Å². The Morgan fingerprint density at radius 3 is 2.93 bits per heavy atom. The zero-order valence-electron chi connectivity index (χ0n) is 16.3. The van der Waals surface area contributed by atoms with E-state index >= 15 is 0 Å². The maximum absolute atomic E-state index is 13.2. The number of thiazole rings is 1. The average Bonchev–Trinajstić information content (AvgIpc) is 3.39. The number of aryl methyl sites for hydroxylation is 1. The van der Waals surface area contributed by atoms with Crippen LogP contribution in [0.15, 0.2) is 34.2 Å². The number of rotatable bonds is 5. The Hall–Kier alpha value is -2.89. The molecule has 1 aromatic carbocycles. The minimum absolute atomic E-state index is 0.116. The molecule has 0 aliphatic carbocycles. The van der Waals surface area contributed by atoms with Crippen LogP contribution in [0, 0.1) is 0 Å². The van der Waals surface area contributed by atoms with Crippen molar-refractivity contribution in [2.45, 2.75) is 19.6 Å². The molecule has 9 nitrogen and oxygen atoms in total. The molecule has 4 heterocycles. The molecular formula is C19H18N6O3S2. The van der Waals surface area contributed by atoms with Crippen molar-refractivity contribution in [1.29, 1.82) is 0 Å². The van der Waals surface area contributed by atoms with E-state index in [9.17, 15) is 13.2 Å². The van der Waals surface area contributed by atoms with E-state index in [1.54, 1.807) is 17.8 Å². The lowest BCUT2D eigenvalue weighted by molar-refractivity contribution is 0.587. The van der Waals surface area contributed by atoms with E-state index in [1.807, 2.05) is 24.4 Å². The Labute approximate surface area is 175 Å². The van der Waals surface area contributed by atoms with E-state index in [4.69, 9.17) is 0 Å². The van der Waals surface area contributed by atoms with Gasteiger partial charge in [-0.1, -0.05) is 18.2 Å². The molecule has 0 fully saturated rings. The zero-order chi connectivity index (χ0) is 21.0. The fourth-order valence-corrected chi connectivity index (χ4v) is 5.25. The maximum atomic E-state index is 13.2. The second-order valence-electron chi connectivity index (χ2n) is 7.24. The summed E-state index contributed by atoms with van der Waals surface area (Å²) >= 11 is 1.36. The van der Waals surface area contributed by atoms with Crippen LogP contribution >= 0.6 is 11.3 Å². The maximum Gasteiger partial charge on any atom is 0.291 e. The quantitative estimate of drug-likeness (QED) is 0.502. The van der Waals surface area contributed by atoms with Gasteiger partial charge in [-0.05, 0) is 11.1 Å². The van der Waals surface area contributed by atoms with Gasteiger partial charge < -0.3 is 4.57 Å². The summed E-state index contributed by atoms with van der Waals surface area (Å²) in [6.45, 7) is 1.14. The van der Waals surface area contributed by atoms with Crippen LogP contribution < -0.4 is 10.3 Å². The molecule has 0 saturated heterocycles. The molecule has 0 unspecified atom stereocenters. The Bertz CT molecular complexity index is 1510. The highest BCUT2D eigenvalue weighted by Gasteiger charge is 2.19.